The van der Waals surface area contributed by atoms with Gasteiger partial charge in [-0.1, -0.05) is 29.3 Å². The maximum Gasteiger partial charge on any atom is 0.336 e. The van der Waals surface area contributed by atoms with E-state index < -0.39 is 22.8 Å². The van der Waals surface area contributed by atoms with Crippen LogP contribution in [0.1, 0.15) is 16.1 Å². The van der Waals surface area contributed by atoms with Crippen molar-refractivity contribution in [2.45, 2.75) is 13.3 Å². The molecule has 0 bridgehead atoms. The first-order valence-corrected chi connectivity index (χ1v) is 10.4. The molecule has 0 atom stereocenters. The Labute approximate surface area is 166 Å². The molecule has 26 heavy (non-hydrogen) atoms. The van der Waals surface area contributed by atoms with E-state index in [9.17, 15) is 13.2 Å². The van der Waals surface area contributed by atoms with Crippen molar-refractivity contribution >= 4 is 55.9 Å². The van der Waals surface area contributed by atoms with Crippen molar-refractivity contribution in [3.8, 4) is 0 Å². The van der Waals surface area contributed by atoms with Gasteiger partial charge in [-0.15, -0.1) is 11.3 Å². The minimum atomic E-state index is -3.92. The van der Waals surface area contributed by atoms with Crippen molar-refractivity contribution in [2.75, 3.05) is 25.6 Å². The first-order valence-electron chi connectivity index (χ1n) is 7.37. The van der Waals surface area contributed by atoms with Crippen molar-refractivity contribution < 1.29 is 17.4 Å². The number of anilines is 1. The molecule has 1 aromatic carbocycles. The highest BCUT2D eigenvalue weighted by atomic mass is 35.5. The summed E-state index contributed by atoms with van der Waals surface area (Å²) in [7, 11) is -1.21. The number of thiazole rings is 1. The number of aryl methyl sites for hydroxylation is 1. The lowest BCUT2D eigenvalue weighted by Crippen LogP contribution is -2.33. The Balaban J connectivity index is 2.10. The second-order valence-electron chi connectivity index (χ2n) is 5.30. The van der Waals surface area contributed by atoms with Gasteiger partial charge in [0.1, 0.15) is 6.61 Å². The van der Waals surface area contributed by atoms with Crippen LogP contribution in [0.5, 0.6) is 0 Å². The number of aromatic nitrogens is 1. The molecule has 0 radical (unpaired) electrons. The number of hydrogen-bond donors (Lipinski definition) is 1. The zero-order chi connectivity index (χ0) is 19.5. The highest BCUT2D eigenvalue weighted by Crippen LogP contribution is 2.29. The molecule has 0 aliphatic rings. The molecule has 1 amide bonds. The van der Waals surface area contributed by atoms with Gasteiger partial charge in [-0.2, -0.15) is 13.1 Å². The average Bonchev–Trinajstić information content (AvgIpc) is 2.96. The normalized spacial score (nSPS) is 11.6. The maximum absolute atomic E-state index is 12.1. The number of hydrogen-bond acceptors (Lipinski definition) is 6. The second kappa shape index (κ2) is 8.64. The third-order valence-corrected chi connectivity index (χ3v) is 6.38. The average molecular weight is 438 g/mol. The van der Waals surface area contributed by atoms with Crippen LogP contribution < -0.4 is 9.62 Å². The molecule has 7 nitrogen and oxygen atoms in total. The monoisotopic (exact) mass is 437 g/mol. The number of amides is 1. The predicted octanol–water partition coefficient (Wildman–Crippen LogP) is 2.79. The molecule has 0 saturated carbocycles. The third kappa shape index (κ3) is 5.38. The van der Waals surface area contributed by atoms with E-state index in [0.717, 1.165) is 16.1 Å². The zero-order valence-corrected chi connectivity index (χ0v) is 17.4. The number of halogens is 2. The van der Waals surface area contributed by atoms with Crippen LogP contribution >= 0.6 is 34.5 Å². The summed E-state index contributed by atoms with van der Waals surface area (Å²) in [6.07, 6.45) is 0.590. The van der Waals surface area contributed by atoms with Crippen molar-refractivity contribution in [1.82, 2.24) is 9.71 Å². The first kappa shape index (κ1) is 21.1. The van der Waals surface area contributed by atoms with Crippen molar-refractivity contribution in [1.29, 1.82) is 0 Å². The number of nitrogens with zero attached hydrogens (tertiary/aromatic N) is 2. The van der Waals surface area contributed by atoms with E-state index in [0.29, 0.717) is 21.6 Å². The van der Waals surface area contributed by atoms with Gasteiger partial charge in [0.25, 0.3) is 5.91 Å². The fraction of sp³-hybridized carbons (Fsp3) is 0.333. The van der Waals surface area contributed by atoms with Crippen LogP contribution in [-0.2, 0) is 25.7 Å². The molecule has 2 rings (SSSR count). The van der Waals surface area contributed by atoms with Crippen LogP contribution in [0, 0.1) is 6.92 Å². The molecule has 142 valence electrons. The lowest BCUT2D eigenvalue weighted by molar-refractivity contribution is -0.120. The van der Waals surface area contributed by atoms with E-state index in [2.05, 4.69) is 9.17 Å². The Hall–Kier alpha value is -1.23. The summed E-state index contributed by atoms with van der Waals surface area (Å²) in [5.74, 6) is -0.529. The summed E-state index contributed by atoms with van der Waals surface area (Å²) in [5, 5.41) is 1.41. The highest BCUT2D eigenvalue weighted by molar-refractivity contribution is 7.84. The largest absolute Gasteiger partial charge is 0.336 e. The Bertz CT molecular complexity index is 916. The van der Waals surface area contributed by atoms with Gasteiger partial charge in [0.05, 0.1) is 15.7 Å². The van der Waals surface area contributed by atoms with Crippen molar-refractivity contribution in [3.63, 3.8) is 0 Å². The van der Waals surface area contributed by atoms with Gasteiger partial charge in [0, 0.05) is 25.4 Å². The topological polar surface area (TPSA) is 88.6 Å². The van der Waals surface area contributed by atoms with Gasteiger partial charge >= 0.3 is 10.3 Å². The number of likely N-dealkylation sites (N-methyl/N-ethyl adjacent to an activating group) is 1. The summed E-state index contributed by atoms with van der Waals surface area (Å²) in [5.41, 5.74) is 1.75. The maximum atomic E-state index is 12.1. The molecule has 0 fully saturated rings. The van der Waals surface area contributed by atoms with E-state index in [1.54, 1.807) is 12.1 Å². The number of benzene rings is 1. The fourth-order valence-electron chi connectivity index (χ4n) is 1.95. The summed E-state index contributed by atoms with van der Waals surface area (Å²) in [6.45, 7) is 1.23. The van der Waals surface area contributed by atoms with Gasteiger partial charge in [0.2, 0.25) is 0 Å². The van der Waals surface area contributed by atoms with Crippen molar-refractivity contribution in [3.05, 3.63) is 44.4 Å². The Morgan fingerprint density at radius 3 is 2.65 bits per heavy atom. The van der Waals surface area contributed by atoms with Crippen LogP contribution in [0.25, 0.3) is 0 Å². The number of rotatable bonds is 7. The molecular weight excluding hydrogens is 421 g/mol. The minimum absolute atomic E-state index is 0.452. The van der Waals surface area contributed by atoms with Gasteiger partial charge < -0.3 is 0 Å². The lowest BCUT2D eigenvalue weighted by Gasteiger charge is -2.13. The minimum Gasteiger partial charge on any atom is -0.289 e. The van der Waals surface area contributed by atoms with Crippen LogP contribution in [0.4, 0.5) is 5.13 Å². The predicted molar refractivity (Wildman–Crippen MR) is 103 cm³/mol. The van der Waals surface area contributed by atoms with Crippen LogP contribution in [0.2, 0.25) is 10.0 Å². The fourth-order valence-corrected chi connectivity index (χ4v) is 3.71. The van der Waals surface area contributed by atoms with E-state index in [-0.39, 0.29) is 0 Å². The number of carbonyl (C=O) groups is 1. The number of nitrogens with one attached hydrogen (secondary N) is 1. The van der Waals surface area contributed by atoms with Gasteiger partial charge in [-0.3, -0.25) is 9.69 Å². The van der Waals surface area contributed by atoms with Crippen molar-refractivity contribution in [2.24, 2.45) is 0 Å². The standard InChI is InChI=1S/C15H17Cl2N3O4S2/c1-9-13(7-10-4-5-11(16)12(17)6-10)25-15(19-9)20(3)14(21)8-24-26(22,23)18-2/h4-6,18H,7-8H2,1-3H3. The molecule has 0 unspecified atom stereocenters. The van der Waals surface area contributed by atoms with E-state index in [4.69, 9.17) is 23.2 Å². The molecule has 1 heterocycles. The summed E-state index contributed by atoms with van der Waals surface area (Å²) in [6, 6.07) is 5.39. The molecule has 0 aliphatic carbocycles. The van der Waals surface area contributed by atoms with Gasteiger partial charge in [-0.05, 0) is 24.6 Å². The summed E-state index contributed by atoms with van der Waals surface area (Å²) < 4.78 is 29.0. The molecule has 0 saturated heterocycles. The Morgan fingerprint density at radius 1 is 1.35 bits per heavy atom. The zero-order valence-electron chi connectivity index (χ0n) is 14.2. The quantitative estimate of drug-likeness (QED) is 0.718. The first-order chi connectivity index (χ1) is 12.1. The molecular formula is C15H17Cl2N3O4S2. The number of carbonyl (C=O) groups excluding carboxylic acids is 1. The van der Waals surface area contributed by atoms with Gasteiger partial charge in [-0.25, -0.2) is 9.17 Å². The SMILES string of the molecule is CNS(=O)(=O)OCC(=O)N(C)c1nc(C)c(Cc2ccc(Cl)c(Cl)c2)s1. The molecule has 1 N–H and O–H groups in total. The lowest BCUT2D eigenvalue weighted by atomic mass is 10.1. The van der Waals surface area contributed by atoms with Crippen LogP contribution in [0.15, 0.2) is 18.2 Å². The van der Waals surface area contributed by atoms with E-state index >= 15 is 0 Å². The Kier molecular flexibility index (Phi) is 7.00. The molecule has 1 aromatic heterocycles. The highest BCUT2D eigenvalue weighted by Gasteiger charge is 2.19. The van der Waals surface area contributed by atoms with Crippen LogP contribution in [-0.4, -0.2) is 40.0 Å². The smallest absolute Gasteiger partial charge is 0.289 e. The van der Waals surface area contributed by atoms with E-state index in [1.165, 1.54) is 30.3 Å². The molecule has 0 aliphatic heterocycles. The molecule has 2 aromatic rings. The second-order valence-corrected chi connectivity index (χ2v) is 8.73. The Morgan fingerprint density at radius 2 is 2.04 bits per heavy atom. The third-order valence-electron chi connectivity index (χ3n) is 3.48. The van der Waals surface area contributed by atoms with Gasteiger partial charge in [0.15, 0.2) is 5.13 Å². The van der Waals surface area contributed by atoms with Crippen LogP contribution in [0.3, 0.4) is 0 Å². The van der Waals surface area contributed by atoms with E-state index in [1.807, 2.05) is 17.7 Å². The molecule has 0 spiro atoms. The summed E-state index contributed by atoms with van der Waals surface area (Å²) >= 11 is 13.3. The molecule has 11 heteroatoms. The summed E-state index contributed by atoms with van der Waals surface area (Å²) in [4.78, 5) is 18.7.